The van der Waals surface area contributed by atoms with Crippen LogP contribution in [0, 0.1) is 23.7 Å². The zero-order valence-electron chi connectivity index (χ0n) is 37.6. The highest BCUT2D eigenvalue weighted by atomic mass is 16.7. The fourth-order valence-electron chi connectivity index (χ4n) is 10.0. The molecule has 16 heteroatoms. The summed E-state index contributed by atoms with van der Waals surface area (Å²) in [5.74, 6) is -2.95. The van der Waals surface area contributed by atoms with E-state index in [1.165, 1.54) is 7.11 Å². The van der Waals surface area contributed by atoms with Crippen molar-refractivity contribution in [3.8, 4) is 0 Å². The number of fused-ring (bicyclic) bond motifs is 2. The molecule has 0 saturated carbocycles. The molecule has 4 aliphatic heterocycles. The Morgan fingerprint density at radius 3 is 2.19 bits per heavy atom. The molecule has 340 valence electrons. The van der Waals surface area contributed by atoms with Crippen LogP contribution in [0.2, 0.25) is 0 Å². The molecule has 4 aliphatic rings. The topological polar surface area (TPSA) is 196 Å². The van der Waals surface area contributed by atoms with Gasteiger partial charge in [-0.05, 0) is 80.8 Å². The smallest absolute Gasteiger partial charge is 0.311 e. The van der Waals surface area contributed by atoms with Crippen molar-refractivity contribution >= 4 is 5.97 Å². The first-order valence-corrected chi connectivity index (χ1v) is 21.4. The Balaban J connectivity index is 1.83. The summed E-state index contributed by atoms with van der Waals surface area (Å²) in [5, 5.41) is 51.5. The van der Waals surface area contributed by atoms with Gasteiger partial charge in [-0.15, -0.1) is 0 Å². The first kappa shape index (κ1) is 49.6. The summed E-state index contributed by atoms with van der Waals surface area (Å²) in [5.41, 5.74) is -4.27. The van der Waals surface area contributed by atoms with Gasteiger partial charge in [0.2, 0.25) is 0 Å². The minimum atomic E-state index is -1.64. The van der Waals surface area contributed by atoms with E-state index in [-0.39, 0.29) is 55.9 Å². The van der Waals surface area contributed by atoms with Crippen LogP contribution >= 0.6 is 0 Å². The fraction of sp³-hybridized carbons (Fsp3) is 0.976. The van der Waals surface area contributed by atoms with Gasteiger partial charge in [0.05, 0.1) is 67.5 Å². The highest BCUT2D eigenvalue weighted by molar-refractivity contribution is 5.73. The molecule has 5 N–H and O–H groups in total. The van der Waals surface area contributed by atoms with Crippen LogP contribution in [0.4, 0.5) is 0 Å². The number of nitrogens with zero attached hydrogens (tertiary/aromatic N) is 1. The Morgan fingerprint density at radius 2 is 1.59 bits per heavy atom. The second-order valence-corrected chi connectivity index (χ2v) is 18.6. The third-order valence-electron chi connectivity index (χ3n) is 13.5. The molecule has 0 unspecified atom stereocenters. The normalized spacial score (nSPS) is 48.7. The molecule has 20 atom stereocenters. The predicted molar refractivity (Wildman–Crippen MR) is 214 cm³/mol. The zero-order chi connectivity index (χ0) is 43.5. The van der Waals surface area contributed by atoms with Crippen LogP contribution in [0.1, 0.15) is 94.9 Å². The van der Waals surface area contributed by atoms with Gasteiger partial charge in [0.15, 0.2) is 12.6 Å². The molecule has 16 nitrogen and oxygen atoms in total. The lowest BCUT2D eigenvalue weighted by atomic mass is 9.71. The Kier molecular flexibility index (Phi) is 17.4. The van der Waals surface area contributed by atoms with E-state index in [0.717, 1.165) is 0 Å². The molecule has 0 aromatic rings. The van der Waals surface area contributed by atoms with Crippen molar-refractivity contribution in [2.75, 3.05) is 48.1 Å². The quantitative estimate of drug-likeness (QED) is 0.142. The lowest BCUT2D eigenvalue weighted by Gasteiger charge is -2.52. The van der Waals surface area contributed by atoms with E-state index in [0.29, 0.717) is 19.6 Å². The molecule has 0 aliphatic carbocycles. The van der Waals surface area contributed by atoms with Crippen molar-refractivity contribution in [2.24, 2.45) is 23.7 Å². The number of hydrogen-bond donors (Lipinski definition) is 5. The number of aliphatic hydroxyl groups is 4. The van der Waals surface area contributed by atoms with E-state index in [9.17, 15) is 25.2 Å². The summed E-state index contributed by atoms with van der Waals surface area (Å²) in [7, 11) is 6.90. The van der Waals surface area contributed by atoms with Crippen LogP contribution in [-0.4, -0.2) is 176 Å². The Bertz CT molecular complexity index is 1290. The van der Waals surface area contributed by atoms with Crippen LogP contribution in [0.15, 0.2) is 0 Å². The van der Waals surface area contributed by atoms with Gasteiger partial charge in [-0.3, -0.25) is 10.1 Å². The standard InChI is InChI=1S/C42H78N2O14/c1-15-29-42(10,49)37-24(4)32(43-30(56-37)21-52-17-16-50-13)22(2)19-40(8,48)36(58-39-33(45)28(44(11)12)18-23(3)53-39)25(5)34(26(6)38(47)55-29)57-31-20-41(9,51-14)35(46)27(7)54-31/h22-37,39,43,45-46,48-49H,15-21H2,1-14H3/t22-,23-,24-,25+,26-,27+,28+,29-,30-,31+,32+,33-,34+,35+,36-,37-,39+,40-,41-,42-/m1/s1. The van der Waals surface area contributed by atoms with Gasteiger partial charge in [-0.2, -0.15) is 0 Å². The number of methoxy groups -OCH3 is 2. The first-order valence-electron chi connectivity index (χ1n) is 21.4. The molecular weight excluding hydrogens is 756 g/mol. The molecule has 4 fully saturated rings. The second-order valence-electron chi connectivity index (χ2n) is 18.6. The number of ether oxygens (including phenoxy) is 9. The van der Waals surface area contributed by atoms with Crippen LogP contribution in [0.5, 0.6) is 0 Å². The highest BCUT2D eigenvalue weighted by Gasteiger charge is 2.55. The summed E-state index contributed by atoms with van der Waals surface area (Å²) in [4.78, 5) is 16.4. The second kappa shape index (κ2) is 20.4. The third-order valence-corrected chi connectivity index (χ3v) is 13.5. The molecule has 4 saturated heterocycles. The number of carbonyl (C=O) groups is 1. The first-order chi connectivity index (χ1) is 27.0. The predicted octanol–water partition coefficient (Wildman–Crippen LogP) is 2.20. The van der Waals surface area contributed by atoms with Crippen molar-refractivity contribution in [1.29, 1.82) is 0 Å². The monoisotopic (exact) mass is 835 g/mol. The van der Waals surface area contributed by atoms with Gasteiger partial charge in [-0.25, -0.2) is 0 Å². The van der Waals surface area contributed by atoms with Crippen LogP contribution in [0.25, 0.3) is 0 Å². The molecule has 0 spiro atoms. The van der Waals surface area contributed by atoms with Crippen molar-refractivity contribution in [1.82, 2.24) is 10.2 Å². The molecule has 58 heavy (non-hydrogen) atoms. The zero-order valence-corrected chi connectivity index (χ0v) is 37.6. The fourth-order valence-corrected chi connectivity index (χ4v) is 10.0. The Morgan fingerprint density at radius 1 is 0.914 bits per heavy atom. The summed E-state index contributed by atoms with van der Waals surface area (Å²) in [6, 6.07) is -0.593. The number of carbonyl (C=O) groups excluding carboxylic acids is 1. The van der Waals surface area contributed by atoms with Crippen LogP contribution in [-0.2, 0) is 47.4 Å². The maximum Gasteiger partial charge on any atom is 0.311 e. The van der Waals surface area contributed by atoms with E-state index in [1.807, 2.05) is 53.6 Å². The van der Waals surface area contributed by atoms with E-state index in [1.54, 1.807) is 41.7 Å². The summed E-state index contributed by atoms with van der Waals surface area (Å²) >= 11 is 0. The largest absolute Gasteiger partial charge is 0.459 e. The van der Waals surface area contributed by atoms with Crippen molar-refractivity contribution in [3.63, 3.8) is 0 Å². The highest BCUT2D eigenvalue weighted by Crippen LogP contribution is 2.43. The molecule has 0 amide bonds. The number of likely N-dealkylation sites (N-methyl/N-ethyl adjacent to an activating group) is 1. The maximum absolute atomic E-state index is 14.5. The molecule has 0 aromatic carbocycles. The van der Waals surface area contributed by atoms with Gasteiger partial charge in [0, 0.05) is 44.6 Å². The van der Waals surface area contributed by atoms with Gasteiger partial charge < -0.3 is 68.0 Å². The molecule has 0 aromatic heterocycles. The van der Waals surface area contributed by atoms with Gasteiger partial charge in [0.1, 0.15) is 30.1 Å². The summed E-state index contributed by atoms with van der Waals surface area (Å²) < 4.78 is 55.7. The van der Waals surface area contributed by atoms with E-state index in [2.05, 4.69) is 5.32 Å². The summed E-state index contributed by atoms with van der Waals surface area (Å²) in [6.07, 6.45) is -8.29. The minimum absolute atomic E-state index is 0.137. The summed E-state index contributed by atoms with van der Waals surface area (Å²) in [6.45, 7) is 19.1. The number of cyclic esters (lactones) is 1. The van der Waals surface area contributed by atoms with Gasteiger partial charge in [-0.1, -0.05) is 27.7 Å². The number of esters is 1. The van der Waals surface area contributed by atoms with Gasteiger partial charge >= 0.3 is 5.97 Å². The number of rotatable bonds is 12. The SMILES string of the molecule is CC[C@H]1OC(=O)[C@H](C)[C@@H](O[C@H]2C[C@@](C)(OC)[C@@H](O)[C@H](C)O2)[C@H](C)[C@@H](O[C@@H]2O[C@H](C)C[C@H](N(C)C)[C@H]2O)[C@](C)(O)C[C@@H](C)[C@@H]2N[C@@H](COCCOC)O[C@H]([C@@H]2C)[C@]1(C)O. The average molecular weight is 835 g/mol. The molecule has 4 heterocycles. The van der Waals surface area contributed by atoms with Gasteiger partial charge in [0.25, 0.3) is 0 Å². The lowest BCUT2D eigenvalue weighted by molar-refractivity contribution is -0.318. The molecule has 4 rings (SSSR count). The average Bonchev–Trinajstić information content (AvgIpc) is 3.15. The number of nitrogens with one attached hydrogen (secondary N) is 1. The van der Waals surface area contributed by atoms with Crippen LogP contribution < -0.4 is 5.32 Å². The lowest BCUT2D eigenvalue weighted by Crippen LogP contribution is -2.67. The van der Waals surface area contributed by atoms with E-state index in [4.69, 9.17) is 42.6 Å². The van der Waals surface area contributed by atoms with E-state index < -0.39 is 96.1 Å². The minimum Gasteiger partial charge on any atom is -0.459 e. The molecule has 0 radical (unpaired) electrons. The van der Waals surface area contributed by atoms with Crippen LogP contribution in [0.3, 0.4) is 0 Å². The van der Waals surface area contributed by atoms with Crippen molar-refractivity contribution in [2.45, 2.75) is 191 Å². The number of hydrogen-bond acceptors (Lipinski definition) is 16. The van der Waals surface area contributed by atoms with E-state index >= 15 is 0 Å². The third kappa shape index (κ3) is 11.1. The molecule has 2 bridgehead atoms. The van der Waals surface area contributed by atoms with Crippen molar-refractivity contribution < 1.29 is 67.9 Å². The Hall–Kier alpha value is -1.09. The van der Waals surface area contributed by atoms with Crippen molar-refractivity contribution in [3.05, 3.63) is 0 Å². The maximum atomic E-state index is 14.5. The molecular formula is C42H78N2O14. The number of aliphatic hydroxyl groups excluding tert-OH is 2. The Labute approximate surface area is 346 Å².